The molecule has 1 saturated heterocycles. The molecule has 0 unspecified atom stereocenters. The Balaban J connectivity index is 1.86. The molecule has 1 fully saturated rings. The molecule has 1 aliphatic rings. The van der Waals surface area contributed by atoms with Crippen molar-refractivity contribution in [2.45, 2.75) is 33.1 Å². The zero-order chi connectivity index (χ0) is 11.4. The van der Waals surface area contributed by atoms with E-state index in [4.69, 9.17) is 0 Å². The number of thiazole rings is 1. The molecule has 1 aliphatic heterocycles. The molecule has 4 heteroatoms. The summed E-state index contributed by atoms with van der Waals surface area (Å²) in [6.45, 7) is 7.86. The summed E-state index contributed by atoms with van der Waals surface area (Å²) < 4.78 is 0. The van der Waals surface area contributed by atoms with Gasteiger partial charge >= 0.3 is 0 Å². The Morgan fingerprint density at radius 2 is 2.25 bits per heavy atom. The third-order valence-corrected chi connectivity index (χ3v) is 4.24. The summed E-state index contributed by atoms with van der Waals surface area (Å²) in [5.74, 6) is 0. The van der Waals surface area contributed by atoms with Gasteiger partial charge < -0.3 is 10.6 Å². The zero-order valence-electron chi connectivity index (χ0n) is 10.2. The van der Waals surface area contributed by atoms with Gasteiger partial charge in [-0.2, -0.15) is 0 Å². The van der Waals surface area contributed by atoms with E-state index in [1.54, 1.807) is 11.3 Å². The van der Waals surface area contributed by atoms with Gasteiger partial charge in [0.1, 0.15) is 0 Å². The predicted molar refractivity (Wildman–Crippen MR) is 70.2 cm³/mol. The Kier molecular flexibility index (Phi) is 3.82. The standard InChI is InChI=1S/C12H21N3S/c1-3-10-8-16-11(15-10)14-9-12(2)4-6-13-7-5-12/h8,13H,3-7,9H2,1-2H3,(H,14,15). The van der Waals surface area contributed by atoms with E-state index in [1.165, 1.54) is 18.5 Å². The quantitative estimate of drug-likeness (QED) is 0.847. The van der Waals surface area contributed by atoms with Gasteiger partial charge in [-0.15, -0.1) is 11.3 Å². The lowest BCUT2D eigenvalue weighted by Gasteiger charge is -2.34. The molecule has 3 nitrogen and oxygen atoms in total. The van der Waals surface area contributed by atoms with Gasteiger partial charge in [0.2, 0.25) is 0 Å². The highest BCUT2D eigenvalue weighted by Gasteiger charge is 2.26. The van der Waals surface area contributed by atoms with Gasteiger partial charge in [-0.1, -0.05) is 13.8 Å². The molecule has 1 aromatic rings. The topological polar surface area (TPSA) is 37.0 Å². The predicted octanol–water partition coefficient (Wildman–Crippen LogP) is 2.51. The highest BCUT2D eigenvalue weighted by atomic mass is 32.1. The van der Waals surface area contributed by atoms with Crippen molar-refractivity contribution in [2.24, 2.45) is 5.41 Å². The number of anilines is 1. The lowest BCUT2D eigenvalue weighted by Crippen LogP contribution is -2.39. The van der Waals surface area contributed by atoms with Gasteiger partial charge in [0.15, 0.2) is 5.13 Å². The Bertz CT molecular complexity index is 329. The Labute approximate surface area is 102 Å². The molecule has 0 radical (unpaired) electrons. The molecule has 0 aromatic carbocycles. The van der Waals surface area contributed by atoms with Crippen molar-refractivity contribution in [3.63, 3.8) is 0 Å². The van der Waals surface area contributed by atoms with Gasteiger partial charge in [0, 0.05) is 11.9 Å². The van der Waals surface area contributed by atoms with Gasteiger partial charge in [-0.05, 0) is 37.8 Å². The normalized spacial score (nSPS) is 19.6. The number of nitrogens with zero attached hydrogens (tertiary/aromatic N) is 1. The summed E-state index contributed by atoms with van der Waals surface area (Å²) in [6, 6.07) is 0. The van der Waals surface area contributed by atoms with Gasteiger partial charge in [0.25, 0.3) is 0 Å². The molecule has 1 aromatic heterocycles. The van der Waals surface area contributed by atoms with Crippen LogP contribution in [0.25, 0.3) is 0 Å². The summed E-state index contributed by atoms with van der Waals surface area (Å²) in [4.78, 5) is 4.54. The third kappa shape index (κ3) is 2.95. The molecule has 0 aliphatic carbocycles. The molecule has 2 heterocycles. The molecule has 0 saturated carbocycles. The van der Waals surface area contributed by atoms with Gasteiger partial charge in [0.05, 0.1) is 5.69 Å². The average Bonchev–Trinajstić information content (AvgIpc) is 2.75. The van der Waals surface area contributed by atoms with Gasteiger partial charge in [-0.3, -0.25) is 0 Å². The fourth-order valence-corrected chi connectivity index (χ4v) is 2.84. The van der Waals surface area contributed by atoms with Crippen LogP contribution >= 0.6 is 11.3 Å². The molecular weight excluding hydrogens is 218 g/mol. The first-order valence-electron chi connectivity index (χ1n) is 6.11. The second-order valence-electron chi connectivity index (χ2n) is 4.91. The van der Waals surface area contributed by atoms with E-state index in [0.29, 0.717) is 5.41 Å². The van der Waals surface area contributed by atoms with Crippen molar-refractivity contribution in [3.8, 4) is 0 Å². The first-order chi connectivity index (χ1) is 7.72. The van der Waals surface area contributed by atoms with Crippen LogP contribution in [0, 0.1) is 5.41 Å². The van der Waals surface area contributed by atoms with Crippen LogP contribution in [0.1, 0.15) is 32.4 Å². The summed E-state index contributed by atoms with van der Waals surface area (Å²) in [6.07, 6.45) is 3.54. The maximum atomic E-state index is 4.54. The monoisotopic (exact) mass is 239 g/mol. The van der Waals surface area contributed by atoms with E-state index in [2.05, 4.69) is 34.8 Å². The van der Waals surface area contributed by atoms with E-state index in [-0.39, 0.29) is 0 Å². The van der Waals surface area contributed by atoms with Crippen LogP contribution in [0.3, 0.4) is 0 Å². The molecule has 2 N–H and O–H groups in total. The molecule has 0 bridgehead atoms. The van der Waals surface area contributed by atoms with Crippen LogP contribution in [-0.4, -0.2) is 24.6 Å². The smallest absolute Gasteiger partial charge is 0.182 e. The Morgan fingerprint density at radius 3 is 2.88 bits per heavy atom. The number of hydrogen-bond acceptors (Lipinski definition) is 4. The second kappa shape index (κ2) is 5.15. The first-order valence-corrected chi connectivity index (χ1v) is 6.99. The minimum atomic E-state index is 0.434. The van der Waals surface area contributed by atoms with Crippen molar-refractivity contribution < 1.29 is 0 Å². The minimum Gasteiger partial charge on any atom is -0.361 e. The highest BCUT2D eigenvalue weighted by Crippen LogP contribution is 2.28. The number of aromatic nitrogens is 1. The maximum Gasteiger partial charge on any atom is 0.182 e. The fourth-order valence-electron chi connectivity index (χ4n) is 2.05. The lowest BCUT2D eigenvalue weighted by atomic mass is 9.81. The van der Waals surface area contributed by atoms with Crippen LogP contribution < -0.4 is 10.6 Å². The van der Waals surface area contributed by atoms with Crippen molar-refractivity contribution in [2.75, 3.05) is 25.0 Å². The number of rotatable bonds is 4. The largest absolute Gasteiger partial charge is 0.361 e. The summed E-state index contributed by atoms with van der Waals surface area (Å²) >= 11 is 1.72. The lowest BCUT2D eigenvalue weighted by molar-refractivity contribution is 0.247. The van der Waals surface area contributed by atoms with Crippen LogP contribution in [0.2, 0.25) is 0 Å². The van der Waals surface area contributed by atoms with Crippen molar-refractivity contribution in [3.05, 3.63) is 11.1 Å². The van der Waals surface area contributed by atoms with Gasteiger partial charge in [-0.25, -0.2) is 4.98 Å². The van der Waals surface area contributed by atoms with Crippen LogP contribution in [0.4, 0.5) is 5.13 Å². The average molecular weight is 239 g/mol. The van der Waals surface area contributed by atoms with E-state index < -0.39 is 0 Å². The maximum absolute atomic E-state index is 4.54. The third-order valence-electron chi connectivity index (χ3n) is 3.39. The number of piperidine rings is 1. The Morgan fingerprint density at radius 1 is 1.50 bits per heavy atom. The molecular formula is C12H21N3S. The Hall–Kier alpha value is -0.610. The van der Waals surface area contributed by atoms with E-state index in [9.17, 15) is 0 Å². The zero-order valence-corrected chi connectivity index (χ0v) is 11.0. The SMILES string of the molecule is CCc1csc(NCC2(C)CCNCC2)n1. The van der Waals surface area contributed by atoms with Crippen molar-refractivity contribution >= 4 is 16.5 Å². The number of hydrogen-bond donors (Lipinski definition) is 2. The van der Waals surface area contributed by atoms with E-state index in [1.807, 2.05) is 0 Å². The van der Waals surface area contributed by atoms with Crippen LogP contribution in [0.5, 0.6) is 0 Å². The molecule has 0 atom stereocenters. The summed E-state index contributed by atoms with van der Waals surface area (Å²) in [5, 5.41) is 10.1. The van der Waals surface area contributed by atoms with Crippen molar-refractivity contribution in [1.82, 2.24) is 10.3 Å². The summed E-state index contributed by atoms with van der Waals surface area (Å²) in [7, 11) is 0. The summed E-state index contributed by atoms with van der Waals surface area (Å²) in [5.41, 5.74) is 1.63. The molecule has 0 spiro atoms. The fraction of sp³-hybridized carbons (Fsp3) is 0.750. The van der Waals surface area contributed by atoms with Crippen LogP contribution in [0.15, 0.2) is 5.38 Å². The molecule has 0 amide bonds. The van der Waals surface area contributed by atoms with Crippen LogP contribution in [-0.2, 0) is 6.42 Å². The molecule has 16 heavy (non-hydrogen) atoms. The molecule has 90 valence electrons. The minimum absolute atomic E-state index is 0.434. The molecule has 2 rings (SSSR count). The number of nitrogens with one attached hydrogen (secondary N) is 2. The van der Waals surface area contributed by atoms with Crippen molar-refractivity contribution in [1.29, 1.82) is 0 Å². The van der Waals surface area contributed by atoms with E-state index >= 15 is 0 Å². The first kappa shape index (κ1) is 11.9. The number of aryl methyl sites for hydroxylation is 1. The van der Waals surface area contributed by atoms with E-state index in [0.717, 1.165) is 31.2 Å². The highest BCUT2D eigenvalue weighted by molar-refractivity contribution is 7.13. The second-order valence-corrected chi connectivity index (χ2v) is 5.77.